The van der Waals surface area contributed by atoms with Gasteiger partial charge in [-0.05, 0) is 20.8 Å². The van der Waals surface area contributed by atoms with Crippen molar-refractivity contribution >= 4 is 6.09 Å². The molecule has 0 radical (unpaired) electrons. The van der Waals surface area contributed by atoms with E-state index in [-0.39, 0.29) is 6.54 Å². The van der Waals surface area contributed by atoms with Gasteiger partial charge in [0.05, 0.1) is 6.54 Å². The minimum absolute atomic E-state index is 0.245. The summed E-state index contributed by atoms with van der Waals surface area (Å²) in [5, 5.41) is 6.60. The van der Waals surface area contributed by atoms with E-state index in [2.05, 4.69) is 10.5 Å². The molecule has 2 rings (SSSR count). The van der Waals surface area contributed by atoms with Crippen LogP contribution in [0.4, 0.5) is 4.79 Å². The van der Waals surface area contributed by atoms with Crippen LogP contribution in [0.5, 0.6) is 0 Å². The van der Waals surface area contributed by atoms with Crippen LogP contribution in [0.1, 0.15) is 26.5 Å². The van der Waals surface area contributed by atoms with Crippen molar-refractivity contribution in [3.63, 3.8) is 0 Å². The number of carbonyl (C=O) groups excluding carboxylic acids is 1. The Bertz CT molecular complexity index is 570. The number of nitrogens with one attached hydrogen (secondary N) is 1. The molecule has 1 amide bonds. The number of hydrogen-bond donors (Lipinski definition) is 1. The van der Waals surface area contributed by atoms with Crippen LogP contribution in [0.25, 0.3) is 11.3 Å². The Hall–Kier alpha value is -2.30. The van der Waals surface area contributed by atoms with Gasteiger partial charge in [0.2, 0.25) is 0 Å². The second-order valence-electron chi connectivity index (χ2n) is 5.40. The molecular formula is C15H18N2O3. The molecule has 1 heterocycles. The summed E-state index contributed by atoms with van der Waals surface area (Å²) in [5.41, 5.74) is 1.20. The lowest BCUT2D eigenvalue weighted by atomic mass is 10.1. The van der Waals surface area contributed by atoms with Crippen LogP contribution in [0.2, 0.25) is 0 Å². The highest BCUT2D eigenvalue weighted by Crippen LogP contribution is 2.18. The van der Waals surface area contributed by atoms with Crippen LogP contribution in [0.3, 0.4) is 0 Å². The van der Waals surface area contributed by atoms with Crippen molar-refractivity contribution in [2.24, 2.45) is 0 Å². The maximum absolute atomic E-state index is 11.5. The van der Waals surface area contributed by atoms with Crippen LogP contribution >= 0.6 is 0 Å². The van der Waals surface area contributed by atoms with Crippen molar-refractivity contribution in [1.29, 1.82) is 0 Å². The normalized spacial score (nSPS) is 11.2. The van der Waals surface area contributed by atoms with Gasteiger partial charge in [0.15, 0.2) is 5.76 Å². The van der Waals surface area contributed by atoms with Gasteiger partial charge in [-0.2, -0.15) is 0 Å². The third-order valence-corrected chi connectivity index (χ3v) is 2.43. The average molecular weight is 274 g/mol. The fourth-order valence-electron chi connectivity index (χ4n) is 1.61. The Balaban J connectivity index is 1.92. The van der Waals surface area contributed by atoms with E-state index in [4.69, 9.17) is 9.26 Å². The van der Waals surface area contributed by atoms with Gasteiger partial charge in [-0.25, -0.2) is 4.79 Å². The van der Waals surface area contributed by atoms with E-state index in [0.717, 1.165) is 11.3 Å². The highest BCUT2D eigenvalue weighted by molar-refractivity contribution is 5.67. The van der Waals surface area contributed by atoms with E-state index in [1.54, 1.807) is 6.07 Å². The summed E-state index contributed by atoms with van der Waals surface area (Å²) >= 11 is 0. The highest BCUT2D eigenvalue weighted by atomic mass is 16.6. The first-order valence-electron chi connectivity index (χ1n) is 6.42. The third kappa shape index (κ3) is 4.12. The fraction of sp³-hybridized carbons (Fsp3) is 0.333. The quantitative estimate of drug-likeness (QED) is 0.932. The highest BCUT2D eigenvalue weighted by Gasteiger charge is 2.16. The topological polar surface area (TPSA) is 64.4 Å². The molecule has 0 atom stereocenters. The second-order valence-corrected chi connectivity index (χ2v) is 5.40. The van der Waals surface area contributed by atoms with Crippen LogP contribution < -0.4 is 5.32 Å². The minimum Gasteiger partial charge on any atom is -0.444 e. The van der Waals surface area contributed by atoms with E-state index in [0.29, 0.717) is 5.76 Å². The van der Waals surface area contributed by atoms with E-state index in [1.165, 1.54) is 0 Å². The zero-order valence-electron chi connectivity index (χ0n) is 11.8. The predicted octanol–water partition coefficient (Wildman–Crippen LogP) is 3.37. The van der Waals surface area contributed by atoms with Crippen molar-refractivity contribution in [2.75, 3.05) is 0 Å². The first kappa shape index (κ1) is 14.1. The van der Waals surface area contributed by atoms with E-state index in [9.17, 15) is 4.79 Å². The van der Waals surface area contributed by atoms with E-state index < -0.39 is 11.7 Å². The molecule has 0 bridgehead atoms. The van der Waals surface area contributed by atoms with Gasteiger partial charge >= 0.3 is 6.09 Å². The summed E-state index contributed by atoms with van der Waals surface area (Å²) < 4.78 is 10.3. The standard InChI is InChI=1S/C15H18N2O3/c1-15(2,3)19-14(18)16-10-12-9-13(17-20-12)11-7-5-4-6-8-11/h4-9H,10H2,1-3H3,(H,16,18). The molecule has 0 fully saturated rings. The first-order chi connectivity index (χ1) is 9.44. The molecule has 0 spiro atoms. The van der Waals surface area contributed by atoms with Crippen molar-refractivity contribution in [1.82, 2.24) is 10.5 Å². The number of nitrogens with zero attached hydrogens (tertiary/aromatic N) is 1. The van der Waals surface area contributed by atoms with Gasteiger partial charge in [-0.3, -0.25) is 0 Å². The number of alkyl carbamates (subject to hydrolysis) is 1. The molecule has 1 aromatic heterocycles. The zero-order chi connectivity index (χ0) is 14.6. The molecule has 2 aromatic rings. The molecule has 1 aromatic carbocycles. The largest absolute Gasteiger partial charge is 0.444 e. The molecule has 1 N–H and O–H groups in total. The minimum atomic E-state index is -0.513. The SMILES string of the molecule is CC(C)(C)OC(=O)NCc1cc(-c2ccccc2)no1. The maximum Gasteiger partial charge on any atom is 0.408 e. The third-order valence-electron chi connectivity index (χ3n) is 2.43. The van der Waals surface area contributed by atoms with Crippen LogP contribution in [-0.4, -0.2) is 16.9 Å². The van der Waals surface area contributed by atoms with Crippen LogP contribution in [0, 0.1) is 0 Å². The monoisotopic (exact) mass is 274 g/mol. The summed E-state index contributed by atoms with van der Waals surface area (Å²) in [5.74, 6) is 0.578. The summed E-state index contributed by atoms with van der Waals surface area (Å²) in [7, 11) is 0. The Kier molecular flexibility index (Phi) is 4.08. The molecule has 0 aliphatic heterocycles. The number of hydrogen-bond acceptors (Lipinski definition) is 4. The molecule has 5 heteroatoms. The smallest absolute Gasteiger partial charge is 0.408 e. The van der Waals surface area contributed by atoms with Gasteiger partial charge in [0.25, 0.3) is 0 Å². The summed E-state index contributed by atoms with van der Waals surface area (Å²) in [4.78, 5) is 11.5. The number of ether oxygens (including phenoxy) is 1. The Morgan fingerprint density at radius 3 is 2.65 bits per heavy atom. The predicted molar refractivity (Wildman–Crippen MR) is 75.0 cm³/mol. The number of carbonyl (C=O) groups is 1. The van der Waals surface area contributed by atoms with Crippen molar-refractivity contribution in [2.45, 2.75) is 32.9 Å². The van der Waals surface area contributed by atoms with Gasteiger partial charge < -0.3 is 14.6 Å². The van der Waals surface area contributed by atoms with Crippen LogP contribution in [0.15, 0.2) is 40.9 Å². The molecule has 5 nitrogen and oxygen atoms in total. The van der Waals surface area contributed by atoms with Gasteiger partial charge in [-0.15, -0.1) is 0 Å². The van der Waals surface area contributed by atoms with E-state index >= 15 is 0 Å². The van der Waals surface area contributed by atoms with Crippen molar-refractivity contribution in [3.8, 4) is 11.3 Å². The molecule has 0 saturated heterocycles. The summed E-state index contributed by atoms with van der Waals surface area (Å²) in [6.07, 6.45) is -0.477. The van der Waals surface area contributed by atoms with Gasteiger partial charge in [-0.1, -0.05) is 35.5 Å². The Labute approximate surface area is 117 Å². The maximum atomic E-state index is 11.5. The molecular weight excluding hydrogens is 256 g/mol. The van der Waals surface area contributed by atoms with Gasteiger partial charge in [0, 0.05) is 11.6 Å². The molecule has 0 aliphatic rings. The second kappa shape index (κ2) is 5.77. The molecule has 20 heavy (non-hydrogen) atoms. The zero-order valence-corrected chi connectivity index (χ0v) is 11.8. The van der Waals surface area contributed by atoms with Crippen molar-refractivity contribution in [3.05, 3.63) is 42.2 Å². The average Bonchev–Trinajstić information content (AvgIpc) is 2.84. The Morgan fingerprint density at radius 2 is 2.00 bits per heavy atom. The van der Waals surface area contributed by atoms with Crippen LogP contribution in [-0.2, 0) is 11.3 Å². The number of amides is 1. The fourth-order valence-corrected chi connectivity index (χ4v) is 1.61. The van der Waals surface area contributed by atoms with Gasteiger partial charge in [0.1, 0.15) is 11.3 Å². The molecule has 106 valence electrons. The summed E-state index contributed by atoms with van der Waals surface area (Å²) in [6, 6.07) is 11.5. The lowest BCUT2D eigenvalue weighted by Gasteiger charge is -2.19. The number of benzene rings is 1. The van der Waals surface area contributed by atoms with Crippen molar-refractivity contribution < 1.29 is 14.1 Å². The lowest BCUT2D eigenvalue weighted by molar-refractivity contribution is 0.0519. The number of aromatic nitrogens is 1. The molecule has 0 unspecified atom stereocenters. The Morgan fingerprint density at radius 1 is 1.30 bits per heavy atom. The summed E-state index contributed by atoms with van der Waals surface area (Å²) in [6.45, 7) is 5.69. The first-order valence-corrected chi connectivity index (χ1v) is 6.42. The lowest BCUT2D eigenvalue weighted by Crippen LogP contribution is -2.32. The molecule has 0 aliphatic carbocycles. The molecule has 0 saturated carbocycles. The number of rotatable bonds is 3. The van der Waals surface area contributed by atoms with E-state index in [1.807, 2.05) is 51.1 Å².